The number of nitrogens with one attached hydrogen (secondary N) is 1. The van der Waals surface area contributed by atoms with Crippen molar-refractivity contribution >= 4 is 29.9 Å². The molecule has 1 aliphatic carbocycles. The third-order valence-corrected chi connectivity index (χ3v) is 7.39. The molecule has 11 nitrogen and oxygen atoms in total. The Kier molecular flexibility index (Phi) is 8.87. The first-order valence-electron chi connectivity index (χ1n) is 12.8. The normalized spacial score (nSPS) is 21.3. The van der Waals surface area contributed by atoms with Crippen LogP contribution in [0.2, 0.25) is 0 Å². The molecule has 0 radical (unpaired) electrons. The third kappa shape index (κ3) is 6.38. The standard InChI is InChI=1S/C25H35N5O6/c31-17-29(35)16-20(14-18-4-1-2-5-18)25(34)30-9-3-6-21(30)24(33)27-23(32)19-7-8-22(26-15-19)28-10-12-36-13-11-28/h7-8,15,17-18,20-21,35H,1-6,9-14,16H2,(H,27,32,33)/t20?,21-/m0/s1. The number of anilines is 1. The summed E-state index contributed by atoms with van der Waals surface area (Å²) in [6, 6.07) is 2.61. The first-order chi connectivity index (χ1) is 17.5. The maximum absolute atomic E-state index is 13.4. The number of imide groups is 1. The van der Waals surface area contributed by atoms with Gasteiger partial charge in [-0.2, -0.15) is 0 Å². The number of hydroxylamine groups is 2. The highest BCUT2D eigenvalue weighted by atomic mass is 16.5. The van der Waals surface area contributed by atoms with Gasteiger partial charge in [0.05, 0.1) is 31.2 Å². The van der Waals surface area contributed by atoms with Crippen molar-refractivity contribution in [3.05, 3.63) is 23.9 Å². The average molecular weight is 502 g/mol. The molecular formula is C25H35N5O6. The summed E-state index contributed by atoms with van der Waals surface area (Å²) < 4.78 is 5.34. The fraction of sp³-hybridized carbons (Fsp3) is 0.640. The van der Waals surface area contributed by atoms with Crippen LogP contribution in [0.1, 0.15) is 55.3 Å². The fourth-order valence-corrected chi connectivity index (χ4v) is 5.48. The number of rotatable bonds is 9. The van der Waals surface area contributed by atoms with Gasteiger partial charge in [0, 0.05) is 25.8 Å². The molecule has 1 aromatic heterocycles. The molecule has 3 fully saturated rings. The number of carbonyl (C=O) groups is 4. The van der Waals surface area contributed by atoms with E-state index in [1.807, 2.05) is 0 Å². The first-order valence-corrected chi connectivity index (χ1v) is 12.8. The molecule has 3 aliphatic rings. The summed E-state index contributed by atoms with van der Waals surface area (Å²) in [5.74, 6) is -0.836. The van der Waals surface area contributed by atoms with E-state index in [0.29, 0.717) is 56.4 Å². The van der Waals surface area contributed by atoms with Crippen LogP contribution >= 0.6 is 0 Å². The van der Waals surface area contributed by atoms with Crippen LogP contribution < -0.4 is 10.2 Å². The van der Waals surface area contributed by atoms with E-state index >= 15 is 0 Å². The Hall–Kier alpha value is -3.05. The Morgan fingerprint density at radius 3 is 2.56 bits per heavy atom. The number of pyridine rings is 1. The van der Waals surface area contributed by atoms with Crippen molar-refractivity contribution < 1.29 is 29.1 Å². The first kappa shape index (κ1) is 26.0. The molecule has 11 heteroatoms. The van der Waals surface area contributed by atoms with Gasteiger partial charge in [0.25, 0.3) is 5.91 Å². The maximum Gasteiger partial charge on any atom is 0.259 e. The Balaban J connectivity index is 1.37. The molecule has 2 saturated heterocycles. The van der Waals surface area contributed by atoms with Crippen molar-refractivity contribution in [2.24, 2.45) is 11.8 Å². The molecule has 2 atom stereocenters. The highest BCUT2D eigenvalue weighted by Gasteiger charge is 2.39. The average Bonchev–Trinajstić information content (AvgIpc) is 3.61. The number of ether oxygens (including phenoxy) is 1. The van der Waals surface area contributed by atoms with Crippen LogP contribution in [-0.2, 0) is 19.1 Å². The number of aromatic nitrogens is 1. The van der Waals surface area contributed by atoms with Gasteiger partial charge in [0.2, 0.25) is 18.2 Å². The number of nitrogens with zero attached hydrogens (tertiary/aromatic N) is 4. The van der Waals surface area contributed by atoms with E-state index in [2.05, 4.69) is 15.2 Å². The molecule has 36 heavy (non-hydrogen) atoms. The SMILES string of the molecule is O=CN(O)CC(CC1CCCC1)C(=O)N1CCC[C@H]1C(=O)NC(=O)c1ccc(N2CCOCC2)nc1. The third-order valence-electron chi connectivity index (χ3n) is 7.39. The minimum atomic E-state index is -0.767. The molecule has 4 rings (SSSR count). The van der Waals surface area contributed by atoms with Crippen molar-refractivity contribution in [1.29, 1.82) is 0 Å². The second-order valence-electron chi connectivity index (χ2n) is 9.82. The van der Waals surface area contributed by atoms with E-state index in [1.165, 1.54) is 11.1 Å². The van der Waals surface area contributed by atoms with Gasteiger partial charge in [-0.1, -0.05) is 25.7 Å². The molecule has 4 amide bonds. The van der Waals surface area contributed by atoms with E-state index in [1.54, 1.807) is 12.1 Å². The highest BCUT2D eigenvalue weighted by Crippen LogP contribution is 2.32. The molecule has 0 aromatic carbocycles. The minimum absolute atomic E-state index is 0.107. The second kappa shape index (κ2) is 12.3. The molecular weight excluding hydrogens is 466 g/mol. The lowest BCUT2D eigenvalue weighted by Crippen LogP contribution is -2.50. The van der Waals surface area contributed by atoms with Crippen LogP contribution in [0.3, 0.4) is 0 Å². The summed E-state index contributed by atoms with van der Waals surface area (Å²) in [5.41, 5.74) is 0.261. The number of amides is 4. The summed E-state index contributed by atoms with van der Waals surface area (Å²) in [7, 11) is 0. The number of likely N-dealkylation sites (tertiary alicyclic amines) is 1. The Morgan fingerprint density at radius 2 is 1.89 bits per heavy atom. The van der Waals surface area contributed by atoms with Crippen molar-refractivity contribution in [3.63, 3.8) is 0 Å². The predicted octanol–water partition coefficient (Wildman–Crippen LogP) is 1.21. The molecule has 1 aromatic rings. The topological polar surface area (TPSA) is 132 Å². The van der Waals surface area contributed by atoms with Gasteiger partial charge in [-0.05, 0) is 37.3 Å². The van der Waals surface area contributed by atoms with Gasteiger partial charge in [-0.3, -0.25) is 29.7 Å². The van der Waals surface area contributed by atoms with E-state index in [0.717, 1.165) is 44.6 Å². The van der Waals surface area contributed by atoms with Crippen LogP contribution in [0.5, 0.6) is 0 Å². The lowest BCUT2D eigenvalue weighted by molar-refractivity contribution is -0.158. The molecule has 0 spiro atoms. The van der Waals surface area contributed by atoms with E-state index in [4.69, 9.17) is 4.74 Å². The smallest absolute Gasteiger partial charge is 0.259 e. The second-order valence-corrected chi connectivity index (χ2v) is 9.82. The molecule has 1 unspecified atom stereocenters. The lowest BCUT2D eigenvalue weighted by Gasteiger charge is -2.30. The van der Waals surface area contributed by atoms with Gasteiger partial charge in [0.1, 0.15) is 11.9 Å². The minimum Gasteiger partial charge on any atom is -0.378 e. The quantitative estimate of drug-likeness (QED) is 0.223. The monoisotopic (exact) mass is 501 g/mol. The predicted molar refractivity (Wildman–Crippen MR) is 129 cm³/mol. The fourth-order valence-electron chi connectivity index (χ4n) is 5.48. The number of morpholine rings is 1. The number of hydrogen-bond donors (Lipinski definition) is 2. The number of carbonyl (C=O) groups excluding carboxylic acids is 4. The Morgan fingerprint density at radius 1 is 1.14 bits per heavy atom. The summed E-state index contributed by atoms with van der Waals surface area (Å²) in [6.07, 6.45) is 7.65. The zero-order chi connectivity index (χ0) is 25.5. The van der Waals surface area contributed by atoms with Gasteiger partial charge >= 0.3 is 0 Å². The summed E-state index contributed by atoms with van der Waals surface area (Å²) >= 11 is 0. The van der Waals surface area contributed by atoms with Gasteiger partial charge in [-0.25, -0.2) is 10.0 Å². The molecule has 0 bridgehead atoms. The van der Waals surface area contributed by atoms with Crippen molar-refractivity contribution in [2.45, 2.75) is 51.0 Å². The Bertz CT molecular complexity index is 929. The largest absolute Gasteiger partial charge is 0.378 e. The molecule has 2 N–H and O–H groups in total. The summed E-state index contributed by atoms with van der Waals surface area (Å²) in [5, 5.41) is 12.7. The Labute approximate surface area is 210 Å². The van der Waals surface area contributed by atoms with Crippen LogP contribution in [-0.4, -0.2) is 89.7 Å². The lowest BCUT2D eigenvalue weighted by atomic mass is 9.91. The van der Waals surface area contributed by atoms with Gasteiger partial charge in [-0.15, -0.1) is 0 Å². The molecule has 196 valence electrons. The highest BCUT2D eigenvalue weighted by molar-refractivity contribution is 6.06. The molecule has 1 saturated carbocycles. The zero-order valence-electron chi connectivity index (χ0n) is 20.5. The zero-order valence-corrected chi connectivity index (χ0v) is 20.5. The number of hydrogen-bond acceptors (Lipinski definition) is 8. The summed E-state index contributed by atoms with van der Waals surface area (Å²) in [6.45, 7) is 3.00. The van der Waals surface area contributed by atoms with E-state index < -0.39 is 23.8 Å². The van der Waals surface area contributed by atoms with Gasteiger partial charge < -0.3 is 14.5 Å². The van der Waals surface area contributed by atoms with Crippen molar-refractivity contribution in [2.75, 3.05) is 44.3 Å². The van der Waals surface area contributed by atoms with Crippen LogP contribution in [0.15, 0.2) is 18.3 Å². The van der Waals surface area contributed by atoms with Crippen LogP contribution in [0.4, 0.5) is 5.82 Å². The van der Waals surface area contributed by atoms with E-state index in [-0.39, 0.29) is 18.0 Å². The maximum atomic E-state index is 13.4. The van der Waals surface area contributed by atoms with Crippen LogP contribution in [0, 0.1) is 11.8 Å². The van der Waals surface area contributed by atoms with Gasteiger partial charge in [0.15, 0.2) is 0 Å². The van der Waals surface area contributed by atoms with Crippen LogP contribution in [0.25, 0.3) is 0 Å². The van der Waals surface area contributed by atoms with E-state index in [9.17, 15) is 24.4 Å². The summed E-state index contributed by atoms with van der Waals surface area (Å²) in [4.78, 5) is 58.1. The van der Waals surface area contributed by atoms with Crippen molar-refractivity contribution in [3.8, 4) is 0 Å². The molecule has 3 heterocycles. The van der Waals surface area contributed by atoms with Crippen molar-refractivity contribution in [1.82, 2.24) is 20.3 Å². The molecule has 2 aliphatic heterocycles.